The van der Waals surface area contributed by atoms with Gasteiger partial charge in [-0.15, -0.1) is 0 Å². The Kier molecular flexibility index (Phi) is 82.2. The number of aliphatic imine (C=N–C) groups is 8. The van der Waals surface area contributed by atoms with E-state index in [1.165, 1.54) is 105 Å². The summed E-state index contributed by atoms with van der Waals surface area (Å²) in [5.74, 6) is 9.47. The van der Waals surface area contributed by atoms with Crippen LogP contribution in [-0.4, -0.2) is 196 Å². The summed E-state index contributed by atoms with van der Waals surface area (Å²) in [5, 5.41) is 23.8. The van der Waals surface area contributed by atoms with E-state index in [-0.39, 0.29) is 39.2 Å². The number of allylic oxidation sites excluding steroid dienone is 1. The number of nitrogens with one attached hydrogen (secondary N) is 5. The van der Waals surface area contributed by atoms with E-state index in [0.717, 1.165) is 136 Å². The average molecular weight is 2080 g/mol. The van der Waals surface area contributed by atoms with E-state index in [4.69, 9.17) is 60.4 Å². The molecule has 1 saturated heterocycles. The number of halogens is 2. The van der Waals surface area contributed by atoms with Crippen molar-refractivity contribution in [2.45, 2.75) is 382 Å². The Morgan fingerprint density at radius 2 is 0.966 bits per heavy atom. The molecule has 0 aromatic heterocycles. The van der Waals surface area contributed by atoms with Crippen molar-refractivity contribution in [3.63, 3.8) is 0 Å². The minimum absolute atomic E-state index is 0.111. The number of hydrogen-bond acceptors (Lipinski definition) is 17. The summed E-state index contributed by atoms with van der Waals surface area (Å²) in [4.78, 5) is 38.8. The molecule has 854 valence electrons. The van der Waals surface area contributed by atoms with Crippen molar-refractivity contribution in [2.24, 2.45) is 132 Å². The predicted octanol–water partition coefficient (Wildman–Crippen LogP) is 26.9. The monoisotopic (exact) mass is 2080 g/mol. The third-order valence-electron chi connectivity index (χ3n) is 20.8. The maximum Gasteiger partial charge on any atom is 0.126 e. The highest BCUT2D eigenvalue weighted by Gasteiger charge is 2.19. The highest BCUT2D eigenvalue weighted by molar-refractivity contribution is 5.99. The topological polar surface area (TPSA) is 390 Å². The Labute approximate surface area is 912 Å². The number of rotatable bonds is 22. The van der Waals surface area contributed by atoms with Crippen LogP contribution in [0.5, 0.6) is 5.75 Å². The second-order valence-electron chi connectivity index (χ2n) is 47.7. The van der Waals surface area contributed by atoms with Gasteiger partial charge in [0, 0.05) is 115 Å². The molecule has 2 fully saturated rings. The van der Waals surface area contributed by atoms with Crippen LogP contribution < -0.4 is 60.8 Å². The lowest BCUT2D eigenvalue weighted by atomic mass is 9.87. The minimum atomic E-state index is -0.297. The second kappa shape index (κ2) is 81.8. The van der Waals surface area contributed by atoms with Gasteiger partial charge < -0.3 is 81.3 Å². The molecule has 4 aliphatic rings. The second-order valence-corrected chi connectivity index (χ2v) is 47.7. The van der Waals surface area contributed by atoms with Gasteiger partial charge in [-0.2, -0.15) is 0 Å². The lowest BCUT2D eigenvalue weighted by Crippen LogP contribution is -2.36. The Balaban J connectivity index is -0.000000371. The molecular weight excluding hydrogens is 1860 g/mol. The number of hydrogen-bond donors (Lipinski definition) is 12. The standard InChI is InChI=1S/C12H18N2O.2C11H15FN2.C11H16N2.C11H16.C9H21N.C8H16N2.C8H18N2.C8H17N.C7H14N2.C7H16N2.C7H15NO.C6H12N2.C5H11N.C2H6/c1-12(2,3)14-11(13)9-6-5-7-10(8-9)15-4;1-11(2,3)14-10(13)8-4-6-9(12)7-5-8;1-11(2,3)14-10(13)8-5-4-6-9(12)7-8;1-11(2,3)13-10(12)9-7-5-4-6-8-9;1-9-5-7-10(8-6-9)11(2,3)4;1-9(2,3)7-6-8-10(4)5;1-7(9)10-6-8-4-2-3-5-8;1-6(2)5-10-8(9)7(3)4;1-7(9)5-6-8(2,3)4;1-6(2)7-5-8-3-4-9-7;1-5(2)7(8)9-6(3)4;1-2-3-8-4-6-9-7-5-8;1-5(2)6-7-3-4-8-6;1-4(2)5(3)6;1-2/h5-8H,1-4H3,(H2,13,14);2*4-7H,1-3H3,(H2,13,14);4-8H,1-3H3,(H2,12,13);5-8H,1-4H3;6-8H2,1-5H3;8H,2-6H2,1H3,(H2,9,10);6-7H,5H2,1-4H3,(H2,9,10);9H,5-6H2,1-4H3;5-6,8-9H,3-4H2,1-2H3;5-6H,1-4H3,(H2,8,9);2-7H2,1H3;5H,3-4H2,1-2H3,(H,7,8);4,6H,1-3H3;1-2H3. The molecule has 0 unspecified atom stereocenters. The largest absolute Gasteiger partial charge is 0.497 e. The fourth-order valence-electron chi connectivity index (χ4n) is 12.1. The van der Waals surface area contributed by atoms with Crippen LogP contribution in [0, 0.1) is 81.6 Å². The molecular formula is C123H226F2N22O2. The SMILES string of the molecule is CC.CC(=N)C(C)C.CC(=N)CCC(C)(C)C.CC(C)(C)N=C(N)c1ccc(F)cc1.CC(C)(C)N=C(N)c1cccc(F)c1.CC(C)(C)N=C(N)c1ccccc1.CC(C)C1=CNCCN1.CC(C)C1=NCCN1.CC(C)CN=C(N)C(C)C.CC(C)N=C(N)C(C)C.CC(N)=NCC1CCCC1.CCCN1CCOCC1.CN(C)CCCC(C)(C)C.COc1cccc(C(N)=NC(C)(C)C)c1.Cc1ccc(C(C)(C)C)cc1. The molecule has 5 aromatic rings. The van der Waals surface area contributed by atoms with Gasteiger partial charge in [0.15, 0.2) is 0 Å². The molecule has 3 aliphatic heterocycles. The van der Waals surface area contributed by atoms with Gasteiger partial charge in [-0.1, -0.05) is 263 Å². The fourth-order valence-corrected chi connectivity index (χ4v) is 12.1. The normalized spacial score (nSPS) is 14.3. The molecule has 0 amide bonds. The molecule has 1 aliphatic carbocycles. The van der Waals surface area contributed by atoms with Crippen LogP contribution in [0.3, 0.4) is 0 Å². The van der Waals surface area contributed by atoms with Crippen LogP contribution in [-0.2, 0) is 10.2 Å². The first-order valence-electron chi connectivity index (χ1n) is 54.6. The van der Waals surface area contributed by atoms with Crippen LogP contribution in [0.2, 0.25) is 0 Å². The van der Waals surface area contributed by atoms with E-state index < -0.39 is 0 Å². The van der Waals surface area contributed by atoms with Gasteiger partial charge in [0.1, 0.15) is 40.7 Å². The summed E-state index contributed by atoms with van der Waals surface area (Å²) in [6.07, 6.45) is 13.5. The van der Waals surface area contributed by atoms with Crippen LogP contribution >= 0.6 is 0 Å². The highest BCUT2D eigenvalue weighted by Crippen LogP contribution is 2.26. The van der Waals surface area contributed by atoms with Gasteiger partial charge in [0.25, 0.3) is 0 Å². The lowest BCUT2D eigenvalue weighted by molar-refractivity contribution is 0.0380. The first-order valence-corrected chi connectivity index (χ1v) is 54.6. The zero-order valence-electron chi connectivity index (χ0n) is 103. The van der Waals surface area contributed by atoms with Gasteiger partial charge in [-0.25, -0.2) is 8.78 Å². The molecule has 0 atom stereocenters. The summed E-state index contributed by atoms with van der Waals surface area (Å²) in [5.41, 5.74) is 49.2. The summed E-state index contributed by atoms with van der Waals surface area (Å²) in [6.45, 7) is 99.7. The summed E-state index contributed by atoms with van der Waals surface area (Å²) in [7, 11) is 5.89. The molecule has 0 bridgehead atoms. The fraction of sp³-hybridized carbons (Fsp3) is 0.659. The van der Waals surface area contributed by atoms with Crippen molar-refractivity contribution in [1.29, 1.82) is 10.8 Å². The average Bonchev–Trinajstić information content (AvgIpc) is 1.59. The van der Waals surface area contributed by atoms with Crippen molar-refractivity contribution in [2.75, 3.05) is 99.9 Å². The predicted molar refractivity (Wildman–Crippen MR) is 656 cm³/mol. The van der Waals surface area contributed by atoms with E-state index in [1.54, 1.807) is 31.4 Å². The Morgan fingerprint density at radius 1 is 0.523 bits per heavy atom. The van der Waals surface area contributed by atoms with Crippen LogP contribution in [0.15, 0.2) is 179 Å². The Hall–Kier alpha value is -9.92. The quantitative estimate of drug-likeness (QED) is 0.0226. The van der Waals surface area contributed by atoms with Crippen molar-refractivity contribution in [1.82, 2.24) is 25.8 Å². The number of methoxy groups -OCH3 is 1. The number of aryl methyl sites for hydroxylation is 1. The van der Waals surface area contributed by atoms with Gasteiger partial charge in [0.2, 0.25) is 0 Å². The molecule has 26 heteroatoms. The maximum absolute atomic E-state index is 12.8. The first kappa shape index (κ1) is 150. The molecule has 9 rings (SSSR count). The molecule has 24 nitrogen and oxygen atoms in total. The van der Waals surface area contributed by atoms with Gasteiger partial charge in [0.05, 0.1) is 72.4 Å². The zero-order valence-corrected chi connectivity index (χ0v) is 103. The van der Waals surface area contributed by atoms with E-state index >= 15 is 0 Å². The van der Waals surface area contributed by atoms with Crippen LogP contribution in [0.4, 0.5) is 8.78 Å². The van der Waals surface area contributed by atoms with E-state index in [0.29, 0.717) is 81.3 Å². The van der Waals surface area contributed by atoms with Crippen LogP contribution in [0.1, 0.15) is 375 Å². The number of nitrogens with zero attached hydrogens (tertiary/aromatic N) is 10. The first-order chi connectivity index (χ1) is 68.6. The van der Waals surface area contributed by atoms with E-state index in [1.807, 2.05) is 214 Å². The molecule has 3 heterocycles. The van der Waals surface area contributed by atoms with E-state index in [9.17, 15) is 8.78 Å². The summed E-state index contributed by atoms with van der Waals surface area (Å²) >= 11 is 0. The molecule has 1 saturated carbocycles. The molecule has 0 spiro atoms. The molecule has 5 aromatic carbocycles. The Bertz CT molecular complexity index is 4530. The molecule has 19 N–H and O–H groups in total. The maximum atomic E-state index is 12.8. The number of ether oxygens (including phenoxy) is 2. The third kappa shape index (κ3) is 97.3. The van der Waals surface area contributed by atoms with E-state index in [2.05, 4.69) is 242 Å². The van der Waals surface area contributed by atoms with Crippen molar-refractivity contribution in [3.05, 3.63) is 184 Å². The van der Waals surface area contributed by atoms with Gasteiger partial charge >= 0.3 is 0 Å². The number of benzene rings is 5. The van der Waals surface area contributed by atoms with Crippen molar-refractivity contribution in [3.8, 4) is 5.75 Å². The number of nitrogens with two attached hydrogens (primary N) is 7. The number of amidine groups is 8. The highest BCUT2D eigenvalue weighted by atomic mass is 19.1. The van der Waals surface area contributed by atoms with Crippen molar-refractivity contribution >= 4 is 58.1 Å². The lowest BCUT2D eigenvalue weighted by Gasteiger charge is -2.25. The van der Waals surface area contributed by atoms with Gasteiger partial charge in [-0.05, 0) is 291 Å². The third-order valence-corrected chi connectivity index (χ3v) is 20.8. The van der Waals surface area contributed by atoms with Gasteiger partial charge in [-0.3, -0.25) is 44.8 Å². The molecule has 149 heavy (non-hydrogen) atoms. The summed E-state index contributed by atoms with van der Waals surface area (Å²) in [6, 6.07) is 38.6. The Morgan fingerprint density at radius 3 is 1.29 bits per heavy atom. The minimum Gasteiger partial charge on any atom is -0.497 e. The number of morpholine rings is 1. The zero-order chi connectivity index (χ0) is 116. The summed E-state index contributed by atoms with van der Waals surface area (Å²) < 4.78 is 35.8. The smallest absolute Gasteiger partial charge is 0.126 e. The van der Waals surface area contributed by atoms with Crippen molar-refractivity contribution < 1.29 is 18.3 Å². The molecule has 0 radical (unpaired) electrons. The van der Waals surface area contributed by atoms with Crippen LogP contribution in [0.25, 0.3) is 0 Å².